The van der Waals surface area contributed by atoms with E-state index in [1.165, 1.54) is 23.5 Å². The van der Waals surface area contributed by atoms with Gasteiger partial charge in [0.05, 0.1) is 17.1 Å². The highest BCUT2D eigenvalue weighted by molar-refractivity contribution is 7.14. The summed E-state index contributed by atoms with van der Waals surface area (Å²) in [5, 5.41) is 10.0. The van der Waals surface area contributed by atoms with Crippen LogP contribution in [0.25, 0.3) is 11.3 Å². The van der Waals surface area contributed by atoms with Gasteiger partial charge in [0, 0.05) is 16.0 Å². The third-order valence-electron chi connectivity index (χ3n) is 4.33. The van der Waals surface area contributed by atoms with Gasteiger partial charge in [-0.2, -0.15) is 5.10 Å². The largest absolute Gasteiger partial charge is 0.218 e. The van der Waals surface area contributed by atoms with Gasteiger partial charge >= 0.3 is 0 Å². The molecule has 0 amide bonds. The number of hydrogen-bond donors (Lipinski definition) is 0. The van der Waals surface area contributed by atoms with Crippen LogP contribution in [0, 0.1) is 5.82 Å². The Hall–Kier alpha value is -3.02. The number of anilines is 2. The molecule has 4 rings (SSSR count). The molecule has 6 heteroatoms. The lowest BCUT2D eigenvalue weighted by Crippen LogP contribution is -2.12. The van der Waals surface area contributed by atoms with Crippen LogP contribution in [0.15, 0.2) is 89.3 Å². The van der Waals surface area contributed by atoms with Crippen molar-refractivity contribution in [3.05, 3.63) is 101 Å². The number of thiazole rings is 1. The lowest BCUT2D eigenvalue weighted by molar-refractivity contribution is 0.628. The van der Waals surface area contributed by atoms with Gasteiger partial charge in [-0.3, -0.25) is 0 Å². The third-order valence-corrected chi connectivity index (χ3v) is 5.39. The summed E-state index contributed by atoms with van der Waals surface area (Å²) in [6.45, 7) is 1.95. The minimum absolute atomic E-state index is 0.265. The molecule has 144 valence electrons. The van der Waals surface area contributed by atoms with Crippen molar-refractivity contribution in [1.29, 1.82) is 0 Å². The van der Waals surface area contributed by atoms with Gasteiger partial charge in [0.15, 0.2) is 0 Å². The third kappa shape index (κ3) is 4.53. The Morgan fingerprint density at radius 3 is 2.34 bits per heavy atom. The number of hydrogen-bond acceptors (Lipinski definition) is 4. The Morgan fingerprint density at radius 2 is 1.66 bits per heavy atom. The van der Waals surface area contributed by atoms with Gasteiger partial charge in [0.1, 0.15) is 5.82 Å². The molecule has 29 heavy (non-hydrogen) atoms. The zero-order valence-electron chi connectivity index (χ0n) is 15.6. The number of halogens is 2. The summed E-state index contributed by atoms with van der Waals surface area (Å²) >= 11 is 7.49. The smallest absolute Gasteiger partial charge is 0.211 e. The van der Waals surface area contributed by atoms with E-state index in [9.17, 15) is 4.39 Å². The van der Waals surface area contributed by atoms with Crippen molar-refractivity contribution in [3.8, 4) is 11.3 Å². The summed E-state index contributed by atoms with van der Waals surface area (Å²) in [5.41, 5.74) is 4.36. The van der Waals surface area contributed by atoms with Crippen molar-refractivity contribution in [2.75, 3.05) is 5.01 Å². The van der Waals surface area contributed by atoms with Crippen LogP contribution in [-0.2, 0) is 0 Å². The van der Waals surface area contributed by atoms with Crippen molar-refractivity contribution in [1.82, 2.24) is 4.98 Å². The molecule has 0 fully saturated rings. The molecule has 0 unspecified atom stereocenters. The Kier molecular flexibility index (Phi) is 5.69. The van der Waals surface area contributed by atoms with Crippen molar-refractivity contribution in [2.45, 2.75) is 6.92 Å². The fourth-order valence-corrected chi connectivity index (χ4v) is 3.72. The van der Waals surface area contributed by atoms with E-state index in [2.05, 4.69) is 0 Å². The highest BCUT2D eigenvalue weighted by Crippen LogP contribution is 2.32. The predicted octanol–water partition coefficient (Wildman–Crippen LogP) is 7.16. The number of para-hydroxylation sites is 1. The van der Waals surface area contributed by atoms with Gasteiger partial charge in [-0.25, -0.2) is 14.4 Å². The molecule has 0 spiro atoms. The number of aromatic nitrogens is 1. The van der Waals surface area contributed by atoms with Gasteiger partial charge in [-0.1, -0.05) is 41.9 Å². The molecule has 1 heterocycles. The van der Waals surface area contributed by atoms with E-state index in [4.69, 9.17) is 21.7 Å². The summed E-state index contributed by atoms with van der Waals surface area (Å²) in [7, 11) is 0. The Balaban J connectivity index is 1.73. The molecule has 4 aromatic rings. The van der Waals surface area contributed by atoms with Crippen LogP contribution in [0.2, 0.25) is 5.02 Å². The average molecular weight is 422 g/mol. The zero-order valence-corrected chi connectivity index (χ0v) is 17.2. The maximum absolute atomic E-state index is 13.2. The summed E-state index contributed by atoms with van der Waals surface area (Å²) in [5.74, 6) is -0.265. The molecule has 0 saturated heterocycles. The van der Waals surface area contributed by atoms with Crippen LogP contribution in [-0.4, -0.2) is 10.7 Å². The van der Waals surface area contributed by atoms with E-state index in [1.54, 1.807) is 12.1 Å². The Labute approximate surface area is 177 Å². The van der Waals surface area contributed by atoms with E-state index >= 15 is 0 Å². The van der Waals surface area contributed by atoms with Gasteiger partial charge in [0.2, 0.25) is 5.13 Å². The van der Waals surface area contributed by atoms with Crippen LogP contribution >= 0.6 is 22.9 Å². The van der Waals surface area contributed by atoms with Gasteiger partial charge < -0.3 is 0 Å². The van der Waals surface area contributed by atoms with Crippen LogP contribution in [0.5, 0.6) is 0 Å². The van der Waals surface area contributed by atoms with Crippen LogP contribution in [0.1, 0.15) is 12.5 Å². The molecule has 3 nitrogen and oxygen atoms in total. The molecule has 0 aliphatic heterocycles. The van der Waals surface area contributed by atoms with Crippen LogP contribution < -0.4 is 5.01 Å². The van der Waals surface area contributed by atoms with Gasteiger partial charge in [-0.15, -0.1) is 11.3 Å². The van der Waals surface area contributed by atoms with Crippen LogP contribution in [0.3, 0.4) is 0 Å². The zero-order chi connectivity index (χ0) is 20.2. The molecule has 0 bridgehead atoms. The van der Waals surface area contributed by atoms with Gasteiger partial charge in [-0.05, 0) is 61.0 Å². The number of benzene rings is 3. The second-order valence-electron chi connectivity index (χ2n) is 6.36. The molecule has 0 radical (unpaired) electrons. The van der Waals surface area contributed by atoms with E-state index in [0.29, 0.717) is 5.02 Å². The van der Waals surface area contributed by atoms with E-state index in [-0.39, 0.29) is 5.82 Å². The monoisotopic (exact) mass is 421 g/mol. The fraction of sp³-hybridized carbons (Fsp3) is 0.0435. The number of hydrazone groups is 1. The normalized spacial score (nSPS) is 11.5. The summed E-state index contributed by atoms with van der Waals surface area (Å²) < 4.78 is 13.2. The van der Waals surface area contributed by atoms with E-state index in [0.717, 1.165) is 33.4 Å². The van der Waals surface area contributed by atoms with Crippen molar-refractivity contribution >= 4 is 39.5 Å². The molecule has 0 N–H and O–H groups in total. The maximum atomic E-state index is 13.2. The van der Waals surface area contributed by atoms with E-state index in [1.807, 2.05) is 71.9 Å². The molecule has 0 aliphatic rings. The lowest BCUT2D eigenvalue weighted by atomic mass is 10.1. The first kappa shape index (κ1) is 19.3. The molecular formula is C23H17ClFN3S. The molecule has 0 saturated carbocycles. The SMILES string of the molecule is CC(=NN(c1ccccc1)c1nc(-c2ccc(F)cc2)cs1)c1ccc(Cl)cc1. The van der Waals surface area contributed by atoms with Crippen molar-refractivity contribution in [3.63, 3.8) is 0 Å². The first-order valence-corrected chi connectivity index (χ1v) is 10.2. The lowest BCUT2D eigenvalue weighted by Gasteiger charge is -2.17. The summed E-state index contributed by atoms with van der Waals surface area (Å²) in [4.78, 5) is 4.74. The van der Waals surface area contributed by atoms with E-state index < -0.39 is 0 Å². The Morgan fingerprint density at radius 1 is 0.966 bits per heavy atom. The Bertz CT molecular complexity index is 1120. The fourth-order valence-electron chi connectivity index (χ4n) is 2.79. The standard InChI is InChI=1S/C23H17ClFN3S/c1-16(17-7-11-19(24)12-8-17)27-28(21-5-3-2-4-6-21)23-26-22(15-29-23)18-9-13-20(25)14-10-18/h2-15H,1H3. The highest BCUT2D eigenvalue weighted by Gasteiger charge is 2.15. The topological polar surface area (TPSA) is 28.5 Å². The maximum Gasteiger partial charge on any atom is 0.211 e. The minimum Gasteiger partial charge on any atom is -0.218 e. The number of rotatable bonds is 5. The minimum atomic E-state index is -0.265. The van der Waals surface area contributed by atoms with Gasteiger partial charge in [0.25, 0.3) is 0 Å². The highest BCUT2D eigenvalue weighted by atomic mass is 35.5. The first-order valence-electron chi connectivity index (χ1n) is 8.98. The number of nitrogens with zero attached hydrogens (tertiary/aromatic N) is 3. The first-order chi connectivity index (χ1) is 14.1. The second-order valence-corrected chi connectivity index (χ2v) is 7.63. The molecule has 3 aromatic carbocycles. The van der Waals surface area contributed by atoms with Crippen molar-refractivity contribution in [2.24, 2.45) is 5.10 Å². The molecular weight excluding hydrogens is 405 g/mol. The van der Waals surface area contributed by atoms with Crippen LogP contribution in [0.4, 0.5) is 15.2 Å². The predicted molar refractivity (Wildman–Crippen MR) is 120 cm³/mol. The second kappa shape index (κ2) is 8.55. The summed E-state index contributed by atoms with van der Waals surface area (Å²) in [6.07, 6.45) is 0. The molecule has 0 aliphatic carbocycles. The molecule has 1 aromatic heterocycles. The average Bonchev–Trinajstić information content (AvgIpc) is 3.23. The quantitative estimate of drug-likeness (QED) is 0.252. The molecule has 0 atom stereocenters. The summed E-state index contributed by atoms with van der Waals surface area (Å²) in [6, 6.07) is 23.8. The van der Waals surface area contributed by atoms with Crippen molar-refractivity contribution < 1.29 is 4.39 Å².